The zero-order valence-electron chi connectivity index (χ0n) is 10.9. The van der Waals surface area contributed by atoms with E-state index < -0.39 is 4.92 Å². The number of benzene rings is 1. The second-order valence-electron chi connectivity index (χ2n) is 4.40. The summed E-state index contributed by atoms with van der Waals surface area (Å²) in [5.41, 5.74) is 2.02. The van der Waals surface area contributed by atoms with E-state index in [1.54, 1.807) is 18.5 Å². The summed E-state index contributed by atoms with van der Waals surface area (Å²) in [6.07, 6.45) is 3.54. The van der Waals surface area contributed by atoms with E-state index >= 15 is 0 Å². The fraction of sp³-hybridized carbons (Fsp3) is 0.214. The summed E-state index contributed by atoms with van der Waals surface area (Å²) in [4.78, 5) is 14.6. The lowest BCUT2D eigenvalue weighted by molar-refractivity contribution is -0.385. The molecular formula is C14H14BrN3O2. The summed E-state index contributed by atoms with van der Waals surface area (Å²) in [6, 6.07) is 9.03. The first-order chi connectivity index (χ1) is 9.59. The Morgan fingerprint density at radius 3 is 2.85 bits per heavy atom. The molecule has 0 amide bonds. The van der Waals surface area contributed by atoms with E-state index in [9.17, 15) is 10.1 Å². The van der Waals surface area contributed by atoms with E-state index in [2.05, 4.69) is 26.2 Å². The summed E-state index contributed by atoms with van der Waals surface area (Å²) < 4.78 is 0.524. The van der Waals surface area contributed by atoms with Gasteiger partial charge in [0.25, 0.3) is 5.69 Å². The van der Waals surface area contributed by atoms with Crippen LogP contribution in [0.2, 0.25) is 0 Å². The average Bonchev–Trinajstić information content (AvgIpc) is 2.46. The van der Waals surface area contributed by atoms with Gasteiger partial charge in [-0.15, -0.1) is 0 Å². The van der Waals surface area contributed by atoms with Crippen LogP contribution in [0.5, 0.6) is 0 Å². The highest BCUT2D eigenvalue weighted by Crippen LogP contribution is 2.28. The first kappa shape index (κ1) is 14.6. The quantitative estimate of drug-likeness (QED) is 0.669. The van der Waals surface area contributed by atoms with Gasteiger partial charge >= 0.3 is 0 Å². The van der Waals surface area contributed by atoms with Crippen molar-refractivity contribution in [3.8, 4) is 0 Å². The molecule has 104 valence electrons. The molecule has 0 aliphatic heterocycles. The summed E-state index contributed by atoms with van der Waals surface area (Å²) in [7, 11) is 0. The maximum Gasteiger partial charge on any atom is 0.283 e. The van der Waals surface area contributed by atoms with Crippen LogP contribution in [0, 0.1) is 10.1 Å². The summed E-state index contributed by atoms with van der Waals surface area (Å²) >= 11 is 3.29. The zero-order valence-corrected chi connectivity index (χ0v) is 12.5. The second kappa shape index (κ2) is 6.58. The number of pyridine rings is 1. The first-order valence-electron chi connectivity index (χ1n) is 6.14. The highest BCUT2D eigenvalue weighted by atomic mass is 79.9. The Kier molecular flexibility index (Phi) is 4.81. The molecule has 0 saturated carbocycles. The summed E-state index contributed by atoms with van der Waals surface area (Å²) in [5.74, 6) is 0. The maximum absolute atomic E-state index is 10.9. The van der Waals surface area contributed by atoms with Crippen LogP contribution in [0.1, 0.15) is 24.1 Å². The molecule has 0 fully saturated rings. The highest BCUT2D eigenvalue weighted by Gasteiger charge is 2.15. The lowest BCUT2D eigenvalue weighted by Gasteiger charge is -2.14. The number of nitro groups is 1. The largest absolute Gasteiger partial charge is 0.306 e. The third kappa shape index (κ3) is 3.40. The van der Waals surface area contributed by atoms with Gasteiger partial charge in [-0.3, -0.25) is 15.1 Å². The molecule has 1 heterocycles. The van der Waals surface area contributed by atoms with Gasteiger partial charge in [-0.25, -0.2) is 0 Å². The van der Waals surface area contributed by atoms with E-state index in [1.165, 1.54) is 6.07 Å². The van der Waals surface area contributed by atoms with Gasteiger partial charge < -0.3 is 5.32 Å². The van der Waals surface area contributed by atoms with Crippen LogP contribution < -0.4 is 5.32 Å². The van der Waals surface area contributed by atoms with E-state index in [0.29, 0.717) is 11.0 Å². The normalized spacial score (nSPS) is 12.1. The topological polar surface area (TPSA) is 68.1 Å². The van der Waals surface area contributed by atoms with Crippen molar-refractivity contribution in [3.63, 3.8) is 0 Å². The minimum absolute atomic E-state index is 0.0818. The average molecular weight is 336 g/mol. The Morgan fingerprint density at radius 1 is 1.40 bits per heavy atom. The van der Waals surface area contributed by atoms with Gasteiger partial charge in [-0.1, -0.05) is 18.2 Å². The monoisotopic (exact) mass is 335 g/mol. The predicted octanol–water partition coefficient (Wildman–Crippen LogP) is 3.60. The molecule has 1 aromatic carbocycles. The van der Waals surface area contributed by atoms with Crippen LogP contribution in [0.25, 0.3) is 0 Å². The van der Waals surface area contributed by atoms with E-state index in [1.807, 2.05) is 25.1 Å². The number of nitrogens with zero attached hydrogens (tertiary/aromatic N) is 2. The SMILES string of the molecule is C[C@@H](NCc1cccc([N+](=O)[O-])c1Br)c1cccnc1. The molecule has 0 unspecified atom stereocenters. The van der Waals surface area contributed by atoms with Crippen LogP contribution >= 0.6 is 15.9 Å². The minimum atomic E-state index is -0.391. The Hall–Kier alpha value is -1.79. The number of aromatic nitrogens is 1. The minimum Gasteiger partial charge on any atom is -0.306 e. The Morgan fingerprint density at radius 2 is 2.20 bits per heavy atom. The third-order valence-corrected chi connectivity index (χ3v) is 3.95. The fourth-order valence-corrected chi connectivity index (χ4v) is 2.41. The van der Waals surface area contributed by atoms with Crippen molar-refractivity contribution < 1.29 is 4.92 Å². The molecule has 0 radical (unpaired) electrons. The first-order valence-corrected chi connectivity index (χ1v) is 6.94. The zero-order chi connectivity index (χ0) is 14.5. The standard InChI is InChI=1S/C14H14BrN3O2/c1-10(11-5-3-7-16-8-11)17-9-12-4-2-6-13(14(12)15)18(19)20/h2-8,10,17H,9H2,1H3/t10-/m1/s1. The van der Waals surface area contributed by atoms with Gasteiger partial charge in [0.2, 0.25) is 0 Å². The second-order valence-corrected chi connectivity index (χ2v) is 5.19. The summed E-state index contributed by atoms with van der Waals surface area (Å²) in [5, 5.41) is 14.2. The van der Waals surface area contributed by atoms with Crippen molar-refractivity contribution >= 4 is 21.6 Å². The van der Waals surface area contributed by atoms with Gasteiger partial charge in [-0.05, 0) is 40.0 Å². The highest BCUT2D eigenvalue weighted by molar-refractivity contribution is 9.10. The molecular weight excluding hydrogens is 322 g/mol. The Labute approximate surface area is 125 Å². The van der Waals surface area contributed by atoms with Crippen molar-refractivity contribution in [2.24, 2.45) is 0 Å². The molecule has 2 rings (SSSR count). The van der Waals surface area contributed by atoms with E-state index in [0.717, 1.165) is 11.1 Å². The number of rotatable bonds is 5. The molecule has 1 N–H and O–H groups in total. The van der Waals surface area contributed by atoms with Crippen molar-refractivity contribution in [3.05, 3.63) is 68.4 Å². The van der Waals surface area contributed by atoms with Crippen molar-refractivity contribution in [2.45, 2.75) is 19.5 Å². The van der Waals surface area contributed by atoms with Crippen LogP contribution in [0.4, 0.5) is 5.69 Å². The smallest absolute Gasteiger partial charge is 0.283 e. The number of nitro benzene ring substituents is 1. The molecule has 5 nitrogen and oxygen atoms in total. The molecule has 0 bridgehead atoms. The van der Waals surface area contributed by atoms with Gasteiger partial charge in [0.15, 0.2) is 0 Å². The molecule has 20 heavy (non-hydrogen) atoms. The Balaban J connectivity index is 2.08. The number of nitrogens with one attached hydrogen (secondary N) is 1. The molecule has 2 aromatic rings. The predicted molar refractivity (Wildman–Crippen MR) is 80.3 cm³/mol. The molecule has 1 aromatic heterocycles. The number of hydrogen-bond donors (Lipinski definition) is 1. The van der Waals surface area contributed by atoms with Crippen molar-refractivity contribution in [1.29, 1.82) is 0 Å². The van der Waals surface area contributed by atoms with Gasteiger partial charge in [-0.2, -0.15) is 0 Å². The van der Waals surface area contributed by atoms with Crippen LogP contribution in [-0.2, 0) is 6.54 Å². The van der Waals surface area contributed by atoms with Crippen LogP contribution in [0.15, 0.2) is 47.2 Å². The van der Waals surface area contributed by atoms with E-state index in [-0.39, 0.29) is 11.7 Å². The van der Waals surface area contributed by atoms with E-state index in [4.69, 9.17) is 0 Å². The van der Waals surface area contributed by atoms with Gasteiger partial charge in [0, 0.05) is 31.0 Å². The van der Waals surface area contributed by atoms with Crippen LogP contribution in [0.3, 0.4) is 0 Å². The fourth-order valence-electron chi connectivity index (χ4n) is 1.86. The molecule has 0 aliphatic carbocycles. The lowest BCUT2D eigenvalue weighted by Crippen LogP contribution is -2.18. The molecule has 0 saturated heterocycles. The maximum atomic E-state index is 10.9. The molecule has 0 spiro atoms. The van der Waals surface area contributed by atoms with Gasteiger partial charge in [0.05, 0.1) is 9.40 Å². The molecule has 0 aliphatic rings. The summed E-state index contributed by atoms with van der Waals surface area (Å²) in [6.45, 7) is 2.57. The third-order valence-electron chi connectivity index (χ3n) is 3.04. The number of halogens is 1. The lowest BCUT2D eigenvalue weighted by atomic mass is 10.1. The van der Waals surface area contributed by atoms with Crippen molar-refractivity contribution in [2.75, 3.05) is 0 Å². The van der Waals surface area contributed by atoms with Crippen molar-refractivity contribution in [1.82, 2.24) is 10.3 Å². The molecule has 1 atom stereocenters. The number of hydrogen-bond acceptors (Lipinski definition) is 4. The van der Waals surface area contributed by atoms with Crippen LogP contribution in [-0.4, -0.2) is 9.91 Å². The van der Waals surface area contributed by atoms with Gasteiger partial charge in [0.1, 0.15) is 0 Å². The Bertz CT molecular complexity index is 605. The molecule has 6 heteroatoms.